The van der Waals surface area contributed by atoms with Gasteiger partial charge in [0.15, 0.2) is 0 Å². The minimum atomic E-state index is -0.110. The molecule has 2 aromatic rings. The van der Waals surface area contributed by atoms with E-state index < -0.39 is 0 Å². The van der Waals surface area contributed by atoms with Crippen molar-refractivity contribution in [3.8, 4) is 0 Å². The lowest BCUT2D eigenvalue weighted by molar-refractivity contribution is 0.0558. The third-order valence-electron chi connectivity index (χ3n) is 5.15. The fourth-order valence-corrected chi connectivity index (χ4v) is 3.85. The first-order valence-electron chi connectivity index (χ1n) is 9.83. The van der Waals surface area contributed by atoms with E-state index in [1.165, 1.54) is 11.1 Å². The monoisotopic (exact) mass is 376 g/mol. The van der Waals surface area contributed by atoms with Crippen molar-refractivity contribution in [3.63, 3.8) is 0 Å². The average Bonchev–Trinajstić information content (AvgIpc) is 3.16. The first-order chi connectivity index (χ1) is 13.6. The molecule has 1 aliphatic heterocycles. The molecule has 0 radical (unpaired) electrons. The molecule has 2 atom stereocenters. The Balaban J connectivity index is 1.76. The van der Waals surface area contributed by atoms with Crippen LogP contribution in [0, 0.1) is 0 Å². The molecule has 0 saturated heterocycles. The Bertz CT molecular complexity index is 850. The largest absolute Gasteiger partial charge is 0.351 e. The van der Waals surface area contributed by atoms with Gasteiger partial charge in [-0.15, -0.1) is 13.2 Å². The van der Waals surface area contributed by atoms with Crippen molar-refractivity contribution in [3.05, 3.63) is 90.4 Å². The molecule has 1 aliphatic rings. The second-order valence-electron chi connectivity index (χ2n) is 7.37. The van der Waals surface area contributed by atoms with Gasteiger partial charge in [0.2, 0.25) is 5.76 Å². The molecule has 146 valence electrons. The van der Waals surface area contributed by atoms with Crippen LogP contribution in [-0.4, -0.2) is 28.0 Å². The summed E-state index contributed by atoms with van der Waals surface area (Å²) in [6.45, 7) is 9.83. The van der Waals surface area contributed by atoms with Gasteiger partial charge in [-0.05, 0) is 44.6 Å². The van der Waals surface area contributed by atoms with Crippen molar-refractivity contribution in [2.45, 2.75) is 51.1 Å². The fraction of sp³-hybridized carbons (Fsp3) is 0.333. The molecule has 0 N–H and O–H groups in total. The molecule has 1 amide bonds. The van der Waals surface area contributed by atoms with Crippen LogP contribution in [0.2, 0.25) is 0 Å². The molecule has 0 fully saturated rings. The number of aromatic nitrogens is 1. The molecular weight excluding hydrogens is 348 g/mol. The van der Waals surface area contributed by atoms with Crippen molar-refractivity contribution in [2.24, 2.45) is 0 Å². The van der Waals surface area contributed by atoms with Gasteiger partial charge in [0.1, 0.15) is 0 Å². The van der Waals surface area contributed by atoms with Crippen LogP contribution in [0.3, 0.4) is 0 Å². The summed E-state index contributed by atoms with van der Waals surface area (Å²) in [7, 11) is 0. The summed E-state index contributed by atoms with van der Waals surface area (Å²) in [4.78, 5) is 15.2. The molecule has 3 rings (SSSR count). The van der Waals surface area contributed by atoms with E-state index in [0.29, 0.717) is 12.2 Å². The lowest BCUT2D eigenvalue weighted by Gasteiger charge is -2.39. The van der Waals surface area contributed by atoms with Gasteiger partial charge in [-0.2, -0.15) is 0 Å². The Hall–Kier alpha value is -2.88. The number of benzene rings is 1. The molecule has 0 saturated carbocycles. The maximum absolute atomic E-state index is 13.3. The fourth-order valence-electron chi connectivity index (χ4n) is 3.85. The zero-order valence-corrected chi connectivity index (χ0v) is 16.5. The molecule has 0 aliphatic carbocycles. The highest BCUT2D eigenvalue weighted by Gasteiger charge is 2.34. The van der Waals surface area contributed by atoms with Crippen LogP contribution in [0.1, 0.15) is 48.0 Å². The molecule has 0 bridgehead atoms. The van der Waals surface area contributed by atoms with Gasteiger partial charge in [-0.25, -0.2) is 0 Å². The molecule has 1 aromatic carbocycles. The lowest BCUT2D eigenvalue weighted by Crippen LogP contribution is -2.48. The maximum atomic E-state index is 13.3. The second kappa shape index (κ2) is 9.36. The highest BCUT2D eigenvalue weighted by atomic mass is 16.5. The Labute approximate surface area is 167 Å². The molecule has 4 nitrogen and oxygen atoms in total. The van der Waals surface area contributed by atoms with Crippen LogP contribution in [0.5, 0.6) is 0 Å². The van der Waals surface area contributed by atoms with Crippen LogP contribution in [0.4, 0.5) is 0 Å². The van der Waals surface area contributed by atoms with E-state index in [-0.39, 0.29) is 18.0 Å². The number of rotatable bonds is 8. The predicted molar refractivity (Wildman–Crippen MR) is 112 cm³/mol. The van der Waals surface area contributed by atoms with E-state index in [1.54, 1.807) is 6.07 Å². The number of nitrogens with zero attached hydrogens (tertiary/aromatic N) is 2. The summed E-state index contributed by atoms with van der Waals surface area (Å²) >= 11 is 0. The van der Waals surface area contributed by atoms with Gasteiger partial charge in [-0.1, -0.05) is 59.3 Å². The highest BCUT2D eigenvalue weighted by Crippen LogP contribution is 2.28. The first-order valence-corrected chi connectivity index (χ1v) is 9.83. The molecule has 4 heteroatoms. The Morgan fingerprint density at radius 2 is 1.96 bits per heavy atom. The molecule has 28 heavy (non-hydrogen) atoms. The quantitative estimate of drug-likeness (QED) is 0.599. The van der Waals surface area contributed by atoms with Crippen molar-refractivity contribution < 1.29 is 9.32 Å². The zero-order valence-electron chi connectivity index (χ0n) is 16.5. The molecular formula is C24H28N2O2. The summed E-state index contributed by atoms with van der Waals surface area (Å²) in [6.07, 6.45) is 9.81. The summed E-state index contributed by atoms with van der Waals surface area (Å²) in [5.41, 5.74) is 3.34. The van der Waals surface area contributed by atoms with Crippen LogP contribution in [-0.2, 0) is 12.8 Å². The van der Waals surface area contributed by atoms with E-state index >= 15 is 0 Å². The van der Waals surface area contributed by atoms with E-state index in [4.69, 9.17) is 4.52 Å². The normalized spacial score (nSPS) is 19.2. The van der Waals surface area contributed by atoms with Crippen LogP contribution in [0.25, 0.3) is 0 Å². The average molecular weight is 377 g/mol. The van der Waals surface area contributed by atoms with Gasteiger partial charge in [0.25, 0.3) is 5.91 Å². The van der Waals surface area contributed by atoms with Crippen LogP contribution in [0.15, 0.2) is 77.9 Å². The number of hydrogen-bond donors (Lipinski definition) is 0. The first kappa shape index (κ1) is 19.9. The van der Waals surface area contributed by atoms with Gasteiger partial charge >= 0.3 is 0 Å². The van der Waals surface area contributed by atoms with Crippen molar-refractivity contribution in [1.82, 2.24) is 10.1 Å². The van der Waals surface area contributed by atoms with Gasteiger partial charge in [0, 0.05) is 12.1 Å². The van der Waals surface area contributed by atoms with E-state index in [0.717, 1.165) is 31.4 Å². The zero-order chi connectivity index (χ0) is 19.9. The molecule has 1 aromatic heterocycles. The number of amides is 1. The van der Waals surface area contributed by atoms with E-state index in [1.807, 2.05) is 35.3 Å². The topological polar surface area (TPSA) is 46.3 Å². The predicted octanol–water partition coefficient (Wildman–Crippen LogP) is 5.14. The van der Waals surface area contributed by atoms with Gasteiger partial charge < -0.3 is 9.42 Å². The molecule has 2 heterocycles. The Morgan fingerprint density at radius 1 is 1.21 bits per heavy atom. The minimum Gasteiger partial charge on any atom is -0.351 e. The molecule has 0 spiro atoms. The van der Waals surface area contributed by atoms with E-state index in [9.17, 15) is 4.79 Å². The summed E-state index contributed by atoms with van der Waals surface area (Å²) in [6, 6.07) is 12.1. The van der Waals surface area contributed by atoms with Crippen molar-refractivity contribution >= 4 is 5.91 Å². The smallest absolute Gasteiger partial charge is 0.293 e. The summed E-state index contributed by atoms with van der Waals surface area (Å²) < 4.78 is 5.43. The SMILES string of the molecule is C=CC[C@H]1CC(C)=C[C@H](CC=C)N1C(=O)c1cc(CCc2ccccc2)no1. The Morgan fingerprint density at radius 3 is 2.68 bits per heavy atom. The number of hydrogen-bond acceptors (Lipinski definition) is 3. The lowest BCUT2D eigenvalue weighted by atomic mass is 9.92. The number of aryl methyl sites for hydroxylation is 2. The van der Waals surface area contributed by atoms with Crippen LogP contribution < -0.4 is 0 Å². The second-order valence-corrected chi connectivity index (χ2v) is 7.37. The Kier molecular flexibility index (Phi) is 6.64. The summed E-state index contributed by atoms with van der Waals surface area (Å²) in [5.74, 6) is 0.194. The molecule has 0 unspecified atom stereocenters. The van der Waals surface area contributed by atoms with Gasteiger partial charge in [-0.3, -0.25) is 4.79 Å². The third kappa shape index (κ3) is 4.69. The maximum Gasteiger partial charge on any atom is 0.293 e. The highest BCUT2D eigenvalue weighted by molar-refractivity contribution is 5.92. The number of carbonyl (C=O) groups excluding carboxylic acids is 1. The van der Waals surface area contributed by atoms with Gasteiger partial charge in [0.05, 0.1) is 11.7 Å². The van der Waals surface area contributed by atoms with Crippen molar-refractivity contribution in [2.75, 3.05) is 0 Å². The van der Waals surface area contributed by atoms with E-state index in [2.05, 4.69) is 43.4 Å². The van der Waals surface area contributed by atoms with Crippen LogP contribution >= 0.6 is 0 Å². The number of carbonyl (C=O) groups is 1. The summed E-state index contributed by atoms with van der Waals surface area (Å²) in [5, 5.41) is 4.13. The third-order valence-corrected chi connectivity index (χ3v) is 5.15. The minimum absolute atomic E-state index is 0.0124. The van der Waals surface area contributed by atoms with Crippen molar-refractivity contribution in [1.29, 1.82) is 0 Å². The standard InChI is InChI=1S/C24H28N2O2/c1-4-9-21-15-18(3)16-22(10-5-2)26(21)24(27)23-17-20(25-28-23)14-13-19-11-7-6-8-12-19/h4-8,11-12,15,17,21-22H,1-2,9-10,13-14,16H2,3H3/t21-,22-/m0/s1.